The summed E-state index contributed by atoms with van der Waals surface area (Å²) in [6.07, 6.45) is 9.75. The predicted octanol–water partition coefficient (Wildman–Crippen LogP) is 2.70. The molecule has 2 fully saturated rings. The molecule has 0 saturated heterocycles. The standard InChI is InChI=1S/C14H22O2S/c15-11-4-1-9(2-5-11)13-7-10-3-6-12(16)8-14(10)17-13/h7,9-12,14-16H,1-6,8H2. The normalized spacial score (nSPS) is 46.5. The molecule has 96 valence electrons. The first-order valence-corrected chi connectivity index (χ1v) is 7.85. The number of fused-ring (bicyclic) bond motifs is 1. The van der Waals surface area contributed by atoms with E-state index in [4.69, 9.17) is 0 Å². The van der Waals surface area contributed by atoms with Gasteiger partial charge >= 0.3 is 0 Å². The summed E-state index contributed by atoms with van der Waals surface area (Å²) in [6.45, 7) is 0. The number of aliphatic hydroxyl groups excluding tert-OH is 2. The summed E-state index contributed by atoms with van der Waals surface area (Å²) in [5, 5.41) is 19.9. The van der Waals surface area contributed by atoms with Crippen molar-refractivity contribution in [1.29, 1.82) is 0 Å². The van der Waals surface area contributed by atoms with Crippen molar-refractivity contribution in [2.24, 2.45) is 11.8 Å². The molecule has 0 aromatic carbocycles. The van der Waals surface area contributed by atoms with Gasteiger partial charge in [-0.3, -0.25) is 0 Å². The van der Waals surface area contributed by atoms with Crippen LogP contribution in [0.5, 0.6) is 0 Å². The Kier molecular flexibility index (Phi) is 3.51. The summed E-state index contributed by atoms with van der Waals surface area (Å²) in [4.78, 5) is 1.57. The highest BCUT2D eigenvalue weighted by Gasteiger charge is 2.36. The van der Waals surface area contributed by atoms with Crippen LogP contribution in [0, 0.1) is 11.8 Å². The quantitative estimate of drug-likeness (QED) is 0.756. The third-order valence-electron chi connectivity index (χ3n) is 4.58. The SMILES string of the molecule is OC1CCC(C2=CC3CCC(O)CC3S2)CC1. The Morgan fingerprint density at radius 2 is 1.65 bits per heavy atom. The fraction of sp³-hybridized carbons (Fsp3) is 0.857. The topological polar surface area (TPSA) is 40.5 Å². The van der Waals surface area contributed by atoms with Gasteiger partial charge in [-0.05, 0) is 61.7 Å². The van der Waals surface area contributed by atoms with E-state index in [1.54, 1.807) is 4.91 Å². The van der Waals surface area contributed by atoms with Crippen molar-refractivity contribution >= 4 is 11.8 Å². The zero-order valence-electron chi connectivity index (χ0n) is 10.2. The molecule has 1 aliphatic heterocycles. The van der Waals surface area contributed by atoms with Crippen molar-refractivity contribution in [3.63, 3.8) is 0 Å². The molecule has 2 saturated carbocycles. The first kappa shape index (κ1) is 12.1. The Balaban J connectivity index is 1.62. The van der Waals surface area contributed by atoms with Gasteiger partial charge < -0.3 is 10.2 Å². The van der Waals surface area contributed by atoms with Gasteiger partial charge in [0, 0.05) is 5.25 Å². The van der Waals surface area contributed by atoms with Crippen molar-refractivity contribution in [3.05, 3.63) is 11.0 Å². The number of hydrogen-bond donors (Lipinski definition) is 2. The highest BCUT2D eigenvalue weighted by atomic mass is 32.2. The Hall–Kier alpha value is 0.01000. The van der Waals surface area contributed by atoms with E-state index in [2.05, 4.69) is 6.08 Å². The molecule has 3 rings (SSSR count). The van der Waals surface area contributed by atoms with E-state index in [-0.39, 0.29) is 12.2 Å². The van der Waals surface area contributed by atoms with E-state index < -0.39 is 0 Å². The highest BCUT2D eigenvalue weighted by Crippen LogP contribution is 2.49. The molecule has 0 aromatic rings. The van der Waals surface area contributed by atoms with E-state index in [1.165, 1.54) is 0 Å². The summed E-state index contributed by atoms with van der Waals surface area (Å²) in [5.74, 6) is 1.41. The van der Waals surface area contributed by atoms with E-state index in [0.717, 1.165) is 44.9 Å². The summed E-state index contributed by atoms with van der Waals surface area (Å²) >= 11 is 2.03. The minimum Gasteiger partial charge on any atom is -0.393 e. The summed E-state index contributed by atoms with van der Waals surface area (Å²) < 4.78 is 0. The smallest absolute Gasteiger partial charge is 0.0551 e. The molecule has 3 aliphatic rings. The number of thioether (sulfide) groups is 1. The molecule has 2 aliphatic carbocycles. The van der Waals surface area contributed by atoms with E-state index in [1.807, 2.05) is 11.8 Å². The zero-order valence-corrected chi connectivity index (χ0v) is 11.0. The van der Waals surface area contributed by atoms with Crippen LogP contribution in [-0.4, -0.2) is 27.7 Å². The maximum Gasteiger partial charge on any atom is 0.0551 e. The van der Waals surface area contributed by atoms with Gasteiger partial charge in [0.1, 0.15) is 0 Å². The number of allylic oxidation sites excluding steroid dienone is 2. The van der Waals surface area contributed by atoms with Crippen molar-refractivity contribution in [2.75, 3.05) is 0 Å². The van der Waals surface area contributed by atoms with Crippen LogP contribution < -0.4 is 0 Å². The van der Waals surface area contributed by atoms with E-state index >= 15 is 0 Å². The van der Waals surface area contributed by atoms with Gasteiger partial charge in [-0.25, -0.2) is 0 Å². The average molecular weight is 254 g/mol. The van der Waals surface area contributed by atoms with Gasteiger partial charge in [-0.1, -0.05) is 6.08 Å². The molecule has 17 heavy (non-hydrogen) atoms. The second-order valence-corrected chi connectivity index (χ2v) is 7.17. The lowest BCUT2D eigenvalue weighted by molar-refractivity contribution is 0.117. The van der Waals surface area contributed by atoms with Crippen LogP contribution >= 0.6 is 11.8 Å². The Bertz CT molecular complexity index is 307. The van der Waals surface area contributed by atoms with Crippen LogP contribution in [0.25, 0.3) is 0 Å². The largest absolute Gasteiger partial charge is 0.393 e. The molecule has 2 nitrogen and oxygen atoms in total. The first-order chi connectivity index (χ1) is 8.22. The second kappa shape index (κ2) is 4.94. The Morgan fingerprint density at radius 1 is 0.941 bits per heavy atom. The summed E-state index contributed by atoms with van der Waals surface area (Å²) in [7, 11) is 0. The van der Waals surface area contributed by atoms with E-state index in [0.29, 0.717) is 17.1 Å². The van der Waals surface area contributed by atoms with Crippen LogP contribution in [0.1, 0.15) is 44.9 Å². The molecule has 3 unspecified atom stereocenters. The van der Waals surface area contributed by atoms with Gasteiger partial charge in [-0.2, -0.15) is 0 Å². The van der Waals surface area contributed by atoms with Gasteiger partial charge in [0.25, 0.3) is 0 Å². The first-order valence-electron chi connectivity index (χ1n) is 6.97. The second-order valence-electron chi connectivity index (χ2n) is 5.86. The minimum atomic E-state index is -0.0651. The van der Waals surface area contributed by atoms with E-state index in [9.17, 15) is 10.2 Å². The third kappa shape index (κ3) is 2.56. The maximum absolute atomic E-state index is 9.72. The Morgan fingerprint density at radius 3 is 2.41 bits per heavy atom. The lowest BCUT2D eigenvalue weighted by Crippen LogP contribution is -2.26. The maximum atomic E-state index is 9.72. The van der Waals surface area contributed by atoms with Crippen LogP contribution in [-0.2, 0) is 0 Å². The van der Waals surface area contributed by atoms with Crippen LogP contribution in [0.4, 0.5) is 0 Å². The third-order valence-corrected chi connectivity index (χ3v) is 6.17. The molecule has 3 atom stereocenters. The lowest BCUT2D eigenvalue weighted by atomic mass is 9.83. The fourth-order valence-corrected chi connectivity index (χ4v) is 5.21. The summed E-state index contributed by atoms with van der Waals surface area (Å²) in [5.41, 5.74) is 0. The van der Waals surface area contributed by atoms with Crippen LogP contribution in [0.15, 0.2) is 11.0 Å². The molecule has 3 heteroatoms. The van der Waals surface area contributed by atoms with Crippen molar-refractivity contribution < 1.29 is 10.2 Å². The van der Waals surface area contributed by atoms with Crippen molar-refractivity contribution in [1.82, 2.24) is 0 Å². The van der Waals surface area contributed by atoms with Crippen LogP contribution in [0.3, 0.4) is 0 Å². The predicted molar refractivity (Wildman–Crippen MR) is 70.8 cm³/mol. The molecule has 1 heterocycles. The lowest BCUT2D eigenvalue weighted by Gasteiger charge is -2.28. The molecule has 0 aromatic heterocycles. The highest BCUT2D eigenvalue weighted by molar-refractivity contribution is 8.03. The van der Waals surface area contributed by atoms with Crippen molar-refractivity contribution in [3.8, 4) is 0 Å². The van der Waals surface area contributed by atoms with Gasteiger partial charge in [0.15, 0.2) is 0 Å². The minimum absolute atomic E-state index is 0.0534. The van der Waals surface area contributed by atoms with Gasteiger partial charge in [0.2, 0.25) is 0 Å². The molecule has 0 spiro atoms. The number of aliphatic hydroxyl groups is 2. The molecular formula is C14H22O2S. The molecular weight excluding hydrogens is 232 g/mol. The number of hydrogen-bond acceptors (Lipinski definition) is 3. The molecule has 0 amide bonds. The fourth-order valence-electron chi connectivity index (χ4n) is 3.48. The number of rotatable bonds is 1. The molecule has 0 radical (unpaired) electrons. The summed E-state index contributed by atoms with van der Waals surface area (Å²) in [6, 6.07) is 0. The van der Waals surface area contributed by atoms with Gasteiger partial charge in [0.05, 0.1) is 12.2 Å². The molecule has 2 N–H and O–H groups in total. The Labute approximate surface area is 107 Å². The van der Waals surface area contributed by atoms with Crippen molar-refractivity contribution in [2.45, 2.75) is 62.4 Å². The van der Waals surface area contributed by atoms with Crippen LogP contribution in [0.2, 0.25) is 0 Å². The zero-order chi connectivity index (χ0) is 11.8. The average Bonchev–Trinajstić information content (AvgIpc) is 2.72. The monoisotopic (exact) mass is 254 g/mol. The molecule has 0 bridgehead atoms. The van der Waals surface area contributed by atoms with Gasteiger partial charge in [-0.15, -0.1) is 11.8 Å².